The van der Waals surface area contributed by atoms with Crippen LogP contribution >= 0.6 is 12.6 Å². The van der Waals surface area contributed by atoms with Gasteiger partial charge in [-0.15, -0.1) is 0 Å². The number of carbonyl (C=O) groups excluding carboxylic acids is 3. The number of aliphatic carboxylic acids is 2. The van der Waals surface area contributed by atoms with Crippen molar-refractivity contribution < 1.29 is 34.2 Å². The van der Waals surface area contributed by atoms with Crippen LogP contribution in [0.15, 0.2) is 25.0 Å². The molecular formula is C20H28N8O7S. The highest BCUT2D eigenvalue weighted by atomic mass is 32.1. The second kappa shape index (κ2) is 13.8. The first-order valence-corrected chi connectivity index (χ1v) is 11.4. The molecule has 2 heterocycles. The Morgan fingerprint density at radius 2 is 1.39 bits per heavy atom. The SMILES string of the molecule is NC(Cc1cnc[nH]1)C(=O)NC(CCC(=O)O)C(=O)NC(Cc1cnc[nH]1)C(=O)NC(CS)C(=O)O. The second-order valence-corrected chi connectivity index (χ2v) is 8.17. The maximum absolute atomic E-state index is 13.1. The molecule has 0 aliphatic heterocycles. The van der Waals surface area contributed by atoms with E-state index >= 15 is 0 Å². The third kappa shape index (κ3) is 9.03. The first-order chi connectivity index (χ1) is 17.1. The summed E-state index contributed by atoms with van der Waals surface area (Å²) in [6, 6.07) is -4.99. The molecule has 9 N–H and O–H groups in total. The van der Waals surface area contributed by atoms with Crippen LogP contribution in [0.3, 0.4) is 0 Å². The number of H-pyrrole nitrogens is 2. The molecule has 0 spiro atoms. The molecule has 0 bridgehead atoms. The van der Waals surface area contributed by atoms with Gasteiger partial charge in [0.1, 0.15) is 18.1 Å². The van der Waals surface area contributed by atoms with Gasteiger partial charge >= 0.3 is 11.9 Å². The fourth-order valence-corrected chi connectivity index (χ4v) is 3.34. The first-order valence-electron chi connectivity index (χ1n) is 10.8. The summed E-state index contributed by atoms with van der Waals surface area (Å²) < 4.78 is 0. The predicted octanol–water partition coefficient (Wildman–Crippen LogP) is -2.42. The van der Waals surface area contributed by atoms with E-state index in [0.717, 1.165) is 0 Å². The van der Waals surface area contributed by atoms with Crippen LogP contribution < -0.4 is 21.7 Å². The Balaban J connectivity index is 2.15. The Kier molecular flexibility index (Phi) is 10.9. The third-order valence-electron chi connectivity index (χ3n) is 5.02. The number of nitrogens with two attached hydrogens (primary N) is 1. The lowest BCUT2D eigenvalue weighted by Gasteiger charge is -2.24. The topological polar surface area (TPSA) is 245 Å². The Morgan fingerprint density at radius 3 is 1.89 bits per heavy atom. The van der Waals surface area contributed by atoms with Gasteiger partial charge in [-0.2, -0.15) is 12.6 Å². The molecule has 36 heavy (non-hydrogen) atoms. The number of hydrogen-bond acceptors (Lipinski definition) is 9. The largest absolute Gasteiger partial charge is 0.481 e. The van der Waals surface area contributed by atoms with Crippen molar-refractivity contribution in [1.82, 2.24) is 35.9 Å². The van der Waals surface area contributed by atoms with Crippen molar-refractivity contribution >= 4 is 42.3 Å². The highest BCUT2D eigenvalue weighted by Gasteiger charge is 2.31. The van der Waals surface area contributed by atoms with Crippen LogP contribution in [0.5, 0.6) is 0 Å². The van der Waals surface area contributed by atoms with Crippen molar-refractivity contribution in [3.63, 3.8) is 0 Å². The molecule has 15 nitrogen and oxygen atoms in total. The maximum atomic E-state index is 13.1. The highest BCUT2D eigenvalue weighted by molar-refractivity contribution is 7.80. The lowest BCUT2D eigenvalue weighted by Crippen LogP contribution is -2.58. The summed E-state index contributed by atoms with van der Waals surface area (Å²) in [6.45, 7) is 0. The molecule has 4 unspecified atom stereocenters. The number of nitrogens with zero attached hydrogens (tertiary/aromatic N) is 2. The lowest BCUT2D eigenvalue weighted by atomic mass is 10.1. The van der Waals surface area contributed by atoms with E-state index in [4.69, 9.17) is 10.8 Å². The summed E-state index contributed by atoms with van der Waals surface area (Å²) in [5.41, 5.74) is 6.95. The molecule has 2 aromatic heterocycles. The molecule has 0 fully saturated rings. The average molecular weight is 525 g/mol. The molecular weight excluding hydrogens is 496 g/mol. The molecule has 0 saturated carbocycles. The standard InChI is InChI=1S/C20H28N8O7S/c21-12(3-10-5-22-8-24-10)17(31)26-13(1-2-16(29)30)18(32)27-14(4-11-6-23-9-25-11)19(33)28-15(7-36)20(34)35/h5-6,8-9,12-15,36H,1-4,7,21H2,(H,22,24)(H,23,25)(H,26,31)(H,27,32)(H,28,33)(H,29,30)(H,34,35). The van der Waals surface area contributed by atoms with Crippen LogP contribution in [0.2, 0.25) is 0 Å². The summed E-state index contributed by atoms with van der Waals surface area (Å²) in [4.78, 5) is 74.1. The normalized spacial score (nSPS) is 14.2. The van der Waals surface area contributed by atoms with Crippen LogP contribution in [0.25, 0.3) is 0 Å². The first kappa shape index (κ1) is 28.3. The number of aromatic amines is 2. The number of rotatable bonds is 15. The summed E-state index contributed by atoms with van der Waals surface area (Å²) >= 11 is 3.90. The van der Waals surface area contributed by atoms with Crippen molar-refractivity contribution in [3.05, 3.63) is 36.4 Å². The molecule has 0 saturated heterocycles. The quantitative estimate of drug-likeness (QED) is 0.112. The van der Waals surface area contributed by atoms with Crippen LogP contribution in [0.4, 0.5) is 0 Å². The molecule has 0 radical (unpaired) electrons. The number of carboxylic acids is 2. The fraction of sp³-hybridized carbons (Fsp3) is 0.450. The van der Waals surface area contributed by atoms with Crippen LogP contribution in [-0.4, -0.2) is 89.7 Å². The molecule has 16 heteroatoms. The minimum Gasteiger partial charge on any atom is -0.481 e. The summed E-state index contributed by atoms with van der Waals surface area (Å²) in [5.74, 6) is -5.10. The number of aromatic nitrogens is 4. The Bertz CT molecular complexity index is 1030. The van der Waals surface area contributed by atoms with Gasteiger partial charge in [0.05, 0.1) is 18.7 Å². The zero-order chi connectivity index (χ0) is 26.7. The van der Waals surface area contributed by atoms with Crippen molar-refractivity contribution in [3.8, 4) is 0 Å². The smallest absolute Gasteiger partial charge is 0.327 e. The van der Waals surface area contributed by atoms with E-state index in [1.165, 1.54) is 25.0 Å². The number of imidazole rings is 2. The van der Waals surface area contributed by atoms with Gasteiger partial charge < -0.3 is 41.9 Å². The predicted molar refractivity (Wildman–Crippen MR) is 127 cm³/mol. The molecule has 0 aliphatic carbocycles. The zero-order valence-corrected chi connectivity index (χ0v) is 19.9. The van der Waals surface area contributed by atoms with Crippen molar-refractivity contribution in [1.29, 1.82) is 0 Å². The van der Waals surface area contributed by atoms with Crippen molar-refractivity contribution in [2.45, 2.75) is 49.9 Å². The third-order valence-corrected chi connectivity index (χ3v) is 5.39. The van der Waals surface area contributed by atoms with Gasteiger partial charge in [-0.25, -0.2) is 14.8 Å². The lowest BCUT2D eigenvalue weighted by molar-refractivity contribution is -0.141. The second-order valence-electron chi connectivity index (χ2n) is 7.81. The molecule has 3 amide bonds. The van der Waals surface area contributed by atoms with E-state index in [2.05, 4.69) is 48.5 Å². The molecule has 2 rings (SSSR count). The van der Waals surface area contributed by atoms with E-state index in [9.17, 15) is 29.1 Å². The number of carbonyl (C=O) groups is 5. The van der Waals surface area contributed by atoms with Gasteiger partial charge in [0.15, 0.2) is 0 Å². The van der Waals surface area contributed by atoms with E-state index in [-0.39, 0.29) is 25.0 Å². The van der Waals surface area contributed by atoms with Gasteiger partial charge in [0.2, 0.25) is 17.7 Å². The Morgan fingerprint density at radius 1 is 0.861 bits per heavy atom. The van der Waals surface area contributed by atoms with Crippen molar-refractivity contribution in [2.75, 3.05) is 5.75 Å². The number of hydrogen-bond donors (Lipinski definition) is 9. The molecule has 0 aromatic carbocycles. The van der Waals surface area contributed by atoms with Gasteiger partial charge in [-0.3, -0.25) is 19.2 Å². The fourth-order valence-electron chi connectivity index (χ4n) is 3.10. The highest BCUT2D eigenvalue weighted by Crippen LogP contribution is 2.05. The Hall–Kier alpha value is -3.92. The van der Waals surface area contributed by atoms with Gasteiger partial charge in [-0.05, 0) is 6.42 Å². The zero-order valence-electron chi connectivity index (χ0n) is 19.0. The summed E-state index contributed by atoms with van der Waals surface area (Å²) in [6.07, 6.45) is 4.93. The van der Waals surface area contributed by atoms with Crippen LogP contribution in [-0.2, 0) is 36.8 Å². The Labute approximate surface area is 210 Å². The van der Waals surface area contributed by atoms with E-state index in [1.54, 1.807) is 0 Å². The minimum atomic E-state index is -1.33. The maximum Gasteiger partial charge on any atom is 0.327 e. The number of nitrogens with one attached hydrogen (secondary N) is 5. The number of thiol groups is 1. The van der Waals surface area contributed by atoms with E-state index in [1.807, 2.05) is 0 Å². The van der Waals surface area contributed by atoms with Crippen molar-refractivity contribution in [2.24, 2.45) is 5.73 Å². The molecule has 196 valence electrons. The van der Waals surface area contributed by atoms with Gasteiger partial charge in [-0.1, -0.05) is 0 Å². The average Bonchev–Trinajstić information content (AvgIpc) is 3.53. The monoisotopic (exact) mass is 524 g/mol. The van der Waals surface area contributed by atoms with E-state index in [0.29, 0.717) is 11.4 Å². The molecule has 0 aliphatic rings. The number of carboxylic acid groups (broad SMARTS) is 2. The number of amides is 3. The van der Waals surface area contributed by atoms with Gasteiger partial charge in [0, 0.05) is 48.8 Å². The molecule has 2 aromatic rings. The summed E-state index contributed by atoms with van der Waals surface area (Å²) in [7, 11) is 0. The van der Waals surface area contributed by atoms with Gasteiger partial charge in [0.25, 0.3) is 0 Å². The summed E-state index contributed by atoms with van der Waals surface area (Å²) in [5, 5.41) is 25.4. The van der Waals surface area contributed by atoms with Crippen LogP contribution in [0, 0.1) is 0 Å². The molecule has 4 atom stereocenters. The minimum absolute atomic E-state index is 0.0876. The van der Waals surface area contributed by atoms with E-state index < -0.39 is 60.2 Å². The van der Waals surface area contributed by atoms with Crippen LogP contribution in [0.1, 0.15) is 24.2 Å².